The molecule has 0 bridgehead atoms. The van der Waals surface area contributed by atoms with Crippen LogP contribution < -0.4 is 10.6 Å². The number of hydrogen-bond donors (Lipinski definition) is 2. The van der Waals surface area contributed by atoms with Gasteiger partial charge in [-0.2, -0.15) is 5.10 Å². The minimum Gasteiger partial charge on any atom is -0.373 e. The van der Waals surface area contributed by atoms with Crippen LogP contribution in [0.4, 0.5) is 11.4 Å². The molecule has 0 aliphatic rings. The van der Waals surface area contributed by atoms with Gasteiger partial charge in [-0.15, -0.1) is 0 Å². The molecule has 1 heterocycles. The van der Waals surface area contributed by atoms with E-state index in [0.29, 0.717) is 0 Å². The third-order valence-electron chi connectivity index (χ3n) is 2.87. The quantitative estimate of drug-likeness (QED) is 0.882. The lowest BCUT2D eigenvalue weighted by Crippen LogP contribution is -2.22. The Labute approximate surface area is 112 Å². The van der Waals surface area contributed by atoms with Crippen molar-refractivity contribution in [2.24, 2.45) is 7.05 Å². The lowest BCUT2D eigenvalue weighted by molar-refractivity contribution is -0.114. The molecule has 0 saturated heterocycles. The van der Waals surface area contributed by atoms with Crippen molar-refractivity contribution < 1.29 is 4.79 Å². The molecule has 2 aromatic rings. The van der Waals surface area contributed by atoms with Crippen LogP contribution in [-0.2, 0) is 11.8 Å². The summed E-state index contributed by atoms with van der Waals surface area (Å²) < 4.78 is 1.72. The van der Waals surface area contributed by atoms with Crippen LogP contribution in [0.15, 0.2) is 30.5 Å². The van der Waals surface area contributed by atoms with Crippen molar-refractivity contribution in [3.8, 4) is 0 Å². The van der Waals surface area contributed by atoms with Crippen molar-refractivity contribution in [1.29, 1.82) is 0 Å². The van der Waals surface area contributed by atoms with Gasteiger partial charge in [0, 0.05) is 18.9 Å². The van der Waals surface area contributed by atoms with Gasteiger partial charge in [-0.3, -0.25) is 9.48 Å². The maximum atomic E-state index is 11.9. The van der Waals surface area contributed by atoms with Crippen LogP contribution >= 0.6 is 0 Å². The Balaban J connectivity index is 1.92. The summed E-state index contributed by atoms with van der Waals surface area (Å²) in [4.78, 5) is 11.9. The smallest absolute Gasteiger partial charge is 0.243 e. The number of rotatable bonds is 4. The molecule has 19 heavy (non-hydrogen) atoms. The van der Waals surface area contributed by atoms with Crippen molar-refractivity contribution in [3.05, 3.63) is 41.7 Å². The average Bonchev–Trinajstić information content (AvgIpc) is 2.68. The molecular formula is C14H18N4O. The fourth-order valence-corrected chi connectivity index (χ4v) is 1.86. The second-order valence-corrected chi connectivity index (χ2v) is 4.52. The molecule has 100 valence electrons. The second kappa shape index (κ2) is 5.56. The molecule has 5 heteroatoms. The van der Waals surface area contributed by atoms with E-state index in [0.717, 1.165) is 22.6 Å². The first-order chi connectivity index (χ1) is 9.06. The second-order valence-electron chi connectivity index (χ2n) is 4.52. The third-order valence-corrected chi connectivity index (χ3v) is 2.87. The Bertz CT molecular complexity index is 589. The molecule has 1 aromatic carbocycles. The van der Waals surface area contributed by atoms with E-state index in [9.17, 15) is 4.79 Å². The van der Waals surface area contributed by atoms with Gasteiger partial charge in [0.25, 0.3) is 0 Å². The molecule has 0 unspecified atom stereocenters. The SMILES string of the molecule is Cc1ccccc1NC(=O)CNc1cn(C)nc1C. The van der Waals surface area contributed by atoms with E-state index in [4.69, 9.17) is 0 Å². The van der Waals surface area contributed by atoms with Gasteiger partial charge in [0.1, 0.15) is 0 Å². The first-order valence-corrected chi connectivity index (χ1v) is 6.16. The summed E-state index contributed by atoms with van der Waals surface area (Å²) >= 11 is 0. The molecule has 0 saturated carbocycles. The minimum atomic E-state index is -0.0717. The van der Waals surface area contributed by atoms with E-state index in [-0.39, 0.29) is 12.5 Å². The monoisotopic (exact) mass is 258 g/mol. The Hall–Kier alpha value is -2.30. The number of aromatic nitrogens is 2. The highest BCUT2D eigenvalue weighted by molar-refractivity contribution is 5.94. The van der Waals surface area contributed by atoms with E-state index in [1.165, 1.54) is 0 Å². The molecule has 1 amide bonds. The molecule has 2 N–H and O–H groups in total. The number of carbonyl (C=O) groups is 1. The highest BCUT2D eigenvalue weighted by Crippen LogP contribution is 2.14. The van der Waals surface area contributed by atoms with E-state index < -0.39 is 0 Å². The molecule has 5 nitrogen and oxygen atoms in total. The van der Waals surface area contributed by atoms with E-state index in [2.05, 4.69) is 15.7 Å². The molecule has 0 atom stereocenters. The number of para-hydroxylation sites is 1. The molecule has 0 aliphatic heterocycles. The highest BCUT2D eigenvalue weighted by atomic mass is 16.1. The van der Waals surface area contributed by atoms with Crippen molar-refractivity contribution in [2.75, 3.05) is 17.2 Å². The van der Waals surface area contributed by atoms with Gasteiger partial charge in [-0.25, -0.2) is 0 Å². The van der Waals surface area contributed by atoms with Gasteiger partial charge < -0.3 is 10.6 Å². The first-order valence-electron chi connectivity index (χ1n) is 6.16. The fourth-order valence-electron chi connectivity index (χ4n) is 1.86. The van der Waals surface area contributed by atoms with Crippen LogP contribution in [0.3, 0.4) is 0 Å². The van der Waals surface area contributed by atoms with Crippen LogP contribution in [0.2, 0.25) is 0 Å². The zero-order chi connectivity index (χ0) is 13.8. The van der Waals surface area contributed by atoms with Crippen LogP contribution in [0.25, 0.3) is 0 Å². The summed E-state index contributed by atoms with van der Waals surface area (Å²) in [5.74, 6) is -0.0717. The summed E-state index contributed by atoms with van der Waals surface area (Å²) in [5, 5.41) is 10.2. The standard InChI is InChI=1S/C14H18N4O/c1-10-6-4-5-7-12(10)16-14(19)8-15-13-9-18(3)17-11(13)2/h4-7,9,15H,8H2,1-3H3,(H,16,19). The fraction of sp³-hybridized carbons (Fsp3) is 0.286. The lowest BCUT2D eigenvalue weighted by atomic mass is 10.2. The number of amides is 1. The molecule has 0 spiro atoms. The van der Waals surface area contributed by atoms with E-state index in [1.807, 2.05) is 51.4 Å². The zero-order valence-corrected chi connectivity index (χ0v) is 11.4. The molecule has 0 aliphatic carbocycles. The normalized spacial score (nSPS) is 10.3. The highest BCUT2D eigenvalue weighted by Gasteiger charge is 2.06. The first kappa shape index (κ1) is 13.1. The largest absolute Gasteiger partial charge is 0.373 e. The van der Waals surface area contributed by atoms with E-state index in [1.54, 1.807) is 4.68 Å². The summed E-state index contributed by atoms with van der Waals surface area (Å²) in [6.45, 7) is 4.09. The molecule has 0 fully saturated rings. The van der Waals surface area contributed by atoms with Crippen molar-refractivity contribution in [2.45, 2.75) is 13.8 Å². The Kier molecular flexibility index (Phi) is 3.85. The summed E-state index contributed by atoms with van der Waals surface area (Å²) in [6, 6.07) is 7.71. The number of nitrogens with zero attached hydrogens (tertiary/aromatic N) is 2. The van der Waals surface area contributed by atoms with E-state index >= 15 is 0 Å². The van der Waals surface area contributed by atoms with Gasteiger partial charge in [0.05, 0.1) is 17.9 Å². The Morgan fingerprint density at radius 2 is 2.00 bits per heavy atom. The zero-order valence-electron chi connectivity index (χ0n) is 11.4. The maximum absolute atomic E-state index is 11.9. The number of hydrogen-bond acceptors (Lipinski definition) is 3. The third kappa shape index (κ3) is 3.34. The number of nitrogens with one attached hydrogen (secondary N) is 2. The number of benzene rings is 1. The number of anilines is 2. The molecule has 2 rings (SSSR count). The van der Waals surface area contributed by atoms with Crippen molar-refractivity contribution in [3.63, 3.8) is 0 Å². The summed E-state index contributed by atoms with van der Waals surface area (Å²) in [6.07, 6.45) is 1.86. The maximum Gasteiger partial charge on any atom is 0.243 e. The topological polar surface area (TPSA) is 59.0 Å². The lowest BCUT2D eigenvalue weighted by Gasteiger charge is -2.09. The average molecular weight is 258 g/mol. The number of aryl methyl sites for hydroxylation is 3. The van der Waals surface area contributed by atoms with Gasteiger partial charge in [-0.05, 0) is 25.5 Å². The molecular weight excluding hydrogens is 240 g/mol. The van der Waals surface area contributed by atoms with Crippen LogP contribution in [0.1, 0.15) is 11.3 Å². The van der Waals surface area contributed by atoms with Gasteiger partial charge in [0.2, 0.25) is 5.91 Å². The minimum absolute atomic E-state index is 0.0717. The van der Waals surface area contributed by atoms with Gasteiger partial charge in [-0.1, -0.05) is 18.2 Å². The Morgan fingerprint density at radius 3 is 2.63 bits per heavy atom. The number of carbonyl (C=O) groups excluding carboxylic acids is 1. The summed E-state index contributed by atoms with van der Waals surface area (Å²) in [7, 11) is 1.85. The van der Waals surface area contributed by atoms with Gasteiger partial charge >= 0.3 is 0 Å². The predicted molar refractivity (Wildman–Crippen MR) is 76.2 cm³/mol. The van der Waals surface area contributed by atoms with Crippen LogP contribution in [0, 0.1) is 13.8 Å². The Morgan fingerprint density at radius 1 is 1.26 bits per heavy atom. The van der Waals surface area contributed by atoms with Crippen molar-refractivity contribution >= 4 is 17.3 Å². The molecule has 0 radical (unpaired) electrons. The molecule has 1 aromatic heterocycles. The predicted octanol–water partition coefficient (Wildman–Crippen LogP) is 2.09. The summed E-state index contributed by atoms with van der Waals surface area (Å²) in [5.41, 5.74) is 3.65. The van der Waals surface area contributed by atoms with Crippen molar-refractivity contribution in [1.82, 2.24) is 9.78 Å². The van der Waals surface area contributed by atoms with Crippen LogP contribution in [0.5, 0.6) is 0 Å². The van der Waals surface area contributed by atoms with Gasteiger partial charge in [0.15, 0.2) is 0 Å². The van der Waals surface area contributed by atoms with Crippen LogP contribution in [-0.4, -0.2) is 22.2 Å².